The van der Waals surface area contributed by atoms with Crippen LogP contribution in [0.4, 0.5) is 5.82 Å². The number of nitrogens with one attached hydrogen (secondary N) is 1. The number of fused-ring (bicyclic) bond motifs is 1. The van der Waals surface area contributed by atoms with Crippen LogP contribution in [0.15, 0.2) is 73.1 Å². The fourth-order valence-electron chi connectivity index (χ4n) is 2.86. The number of anilines is 1. The van der Waals surface area contributed by atoms with Crippen LogP contribution < -0.4 is 11.1 Å². The Morgan fingerprint density at radius 2 is 1.92 bits per heavy atom. The molecule has 26 heavy (non-hydrogen) atoms. The van der Waals surface area contributed by atoms with Gasteiger partial charge >= 0.3 is 0 Å². The van der Waals surface area contributed by atoms with E-state index in [1.807, 2.05) is 40.9 Å². The molecule has 6 nitrogen and oxygen atoms in total. The highest BCUT2D eigenvalue weighted by atomic mass is 16.1. The first-order valence-electron chi connectivity index (χ1n) is 8.23. The highest BCUT2D eigenvalue weighted by Crippen LogP contribution is 2.29. The minimum Gasteiger partial charge on any atom is -0.366 e. The van der Waals surface area contributed by atoms with E-state index in [0.717, 1.165) is 22.6 Å². The van der Waals surface area contributed by atoms with Gasteiger partial charge in [0.05, 0.1) is 0 Å². The zero-order valence-corrected chi connectivity index (χ0v) is 14.0. The molecular formula is C20H17N5O. The van der Waals surface area contributed by atoms with Crippen molar-refractivity contribution in [3.8, 4) is 11.3 Å². The summed E-state index contributed by atoms with van der Waals surface area (Å²) in [5.74, 6) is 0.939. The van der Waals surface area contributed by atoms with E-state index in [1.165, 1.54) is 0 Å². The molecule has 4 aromatic rings. The minimum atomic E-state index is -0.465. The Morgan fingerprint density at radius 1 is 1.08 bits per heavy atom. The SMILES string of the molecule is NC(=O)c1cccc(-c2nc3ncccn3c2NCc2ccccc2)c1. The monoisotopic (exact) mass is 343 g/mol. The first kappa shape index (κ1) is 15.8. The lowest BCUT2D eigenvalue weighted by atomic mass is 10.1. The van der Waals surface area contributed by atoms with Gasteiger partial charge in [0.15, 0.2) is 0 Å². The Hall–Kier alpha value is -3.67. The van der Waals surface area contributed by atoms with E-state index < -0.39 is 5.91 Å². The molecule has 0 saturated carbocycles. The number of carbonyl (C=O) groups excluding carboxylic acids is 1. The summed E-state index contributed by atoms with van der Waals surface area (Å²) in [6, 6.07) is 19.1. The van der Waals surface area contributed by atoms with E-state index in [-0.39, 0.29) is 0 Å². The van der Waals surface area contributed by atoms with Crippen LogP contribution in [0.3, 0.4) is 0 Å². The molecule has 0 fully saturated rings. The van der Waals surface area contributed by atoms with Gasteiger partial charge in [-0.15, -0.1) is 0 Å². The summed E-state index contributed by atoms with van der Waals surface area (Å²) in [5.41, 5.74) is 8.55. The van der Waals surface area contributed by atoms with Gasteiger partial charge in [-0.1, -0.05) is 42.5 Å². The summed E-state index contributed by atoms with van der Waals surface area (Å²) < 4.78 is 1.90. The van der Waals surface area contributed by atoms with Gasteiger partial charge in [0.25, 0.3) is 0 Å². The topological polar surface area (TPSA) is 85.3 Å². The molecule has 2 heterocycles. The summed E-state index contributed by atoms with van der Waals surface area (Å²) in [4.78, 5) is 20.5. The Morgan fingerprint density at radius 3 is 2.73 bits per heavy atom. The van der Waals surface area contributed by atoms with Gasteiger partial charge in [0.2, 0.25) is 11.7 Å². The fraction of sp³-hybridized carbons (Fsp3) is 0.0500. The van der Waals surface area contributed by atoms with Gasteiger partial charge < -0.3 is 11.1 Å². The zero-order chi connectivity index (χ0) is 17.9. The summed E-state index contributed by atoms with van der Waals surface area (Å²) in [6.45, 7) is 0.645. The number of imidazole rings is 1. The van der Waals surface area contributed by atoms with Gasteiger partial charge in [-0.25, -0.2) is 9.97 Å². The lowest BCUT2D eigenvalue weighted by molar-refractivity contribution is 0.100. The molecule has 2 aromatic heterocycles. The second kappa shape index (κ2) is 6.68. The van der Waals surface area contributed by atoms with Crippen LogP contribution >= 0.6 is 0 Å². The van der Waals surface area contributed by atoms with Crippen molar-refractivity contribution in [1.82, 2.24) is 14.4 Å². The summed E-state index contributed by atoms with van der Waals surface area (Å²) in [5, 5.41) is 3.44. The number of benzene rings is 2. The number of amides is 1. The molecule has 6 heteroatoms. The molecule has 2 aromatic carbocycles. The number of hydrogen-bond acceptors (Lipinski definition) is 4. The molecule has 0 atom stereocenters. The first-order valence-corrected chi connectivity index (χ1v) is 8.23. The summed E-state index contributed by atoms with van der Waals surface area (Å²) in [6.07, 6.45) is 3.61. The van der Waals surface area contributed by atoms with Crippen LogP contribution in [0.25, 0.3) is 17.0 Å². The summed E-state index contributed by atoms with van der Waals surface area (Å²) >= 11 is 0. The van der Waals surface area contributed by atoms with E-state index in [1.54, 1.807) is 24.4 Å². The van der Waals surface area contributed by atoms with E-state index >= 15 is 0 Å². The molecule has 0 aliphatic rings. The number of carbonyl (C=O) groups is 1. The molecule has 3 N–H and O–H groups in total. The normalized spacial score (nSPS) is 10.8. The van der Waals surface area contributed by atoms with Crippen molar-refractivity contribution in [3.63, 3.8) is 0 Å². The number of nitrogens with two attached hydrogens (primary N) is 1. The largest absolute Gasteiger partial charge is 0.366 e. The first-order chi connectivity index (χ1) is 12.7. The van der Waals surface area contributed by atoms with Crippen LogP contribution in [0.5, 0.6) is 0 Å². The molecule has 0 unspecified atom stereocenters. The van der Waals surface area contributed by atoms with Crippen molar-refractivity contribution in [2.75, 3.05) is 5.32 Å². The molecular weight excluding hydrogens is 326 g/mol. The van der Waals surface area contributed by atoms with Crippen LogP contribution in [-0.2, 0) is 6.54 Å². The smallest absolute Gasteiger partial charge is 0.248 e. The zero-order valence-electron chi connectivity index (χ0n) is 14.0. The number of primary amides is 1. The second-order valence-electron chi connectivity index (χ2n) is 5.88. The average Bonchev–Trinajstić information content (AvgIpc) is 3.06. The van der Waals surface area contributed by atoms with E-state index in [0.29, 0.717) is 17.9 Å². The summed E-state index contributed by atoms with van der Waals surface area (Å²) in [7, 11) is 0. The fourth-order valence-corrected chi connectivity index (χ4v) is 2.86. The van der Waals surface area contributed by atoms with Crippen molar-refractivity contribution >= 4 is 17.5 Å². The van der Waals surface area contributed by atoms with Gasteiger partial charge in [0, 0.05) is 30.1 Å². The van der Waals surface area contributed by atoms with Crippen LogP contribution in [0.2, 0.25) is 0 Å². The highest BCUT2D eigenvalue weighted by Gasteiger charge is 2.15. The number of nitrogens with zero attached hydrogens (tertiary/aromatic N) is 3. The minimum absolute atomic E-state index is 0.446. The predicted octanol–water partition coefficient (Wildman–Crippen LogP) is 3.11. The maximum Gasteiger partial charge on any atom is 0.248 e. The Balaban J connectivity index is 1.79. The van der Waals surface area contributed by atoms with Gasteiger partial charge in [-0.05, 0) is 23.8 Å². The van der Waals surface area contributed by atoms with Crippen molar-refractivity contribution < 1.29 is 4.79 Å². The average molecular weight is 343 g/mol. The third-order valence-corrected chi connectivity index (χ3v) is 4.13. The van der Waals surface area contributed by atoms with Crippen molar-refractivity contribution in [2.24, 2.45) is 5.73 Å². The third kappa shape index (κ3) is 3.00. The number of hydrogen-bond donors (Lipinski definition) is 2. The van der Waals surface area contributed by atoms with Crippen LogP contribution in [0, 0.1) is 0 Å². The lowest BCUT2D eigenvalue weighted by Gasteiger charge is -2.09. The molecule has 0 aliphatic heterocycles. The maximum absolute atomic E-state index is 11.5. The lowest BCUT2D eigenvalue weighted by Crippen LogP contribution is -2.10. The van der Waals surface area contributed by atoms with Crippen molar-refractivity contribution in [1.29, 1.82) is 0 Å². The molecule has 0 aliphatic carbocycles. The van der Waals surface area contributed by atoms with Crippen LogP contribution in [-0.4, -0.2) is 20.3 Å². The molecule has 0 bridgehead atoms. The molecule has 128 valence electrons. The standard InChI is InChI=1S/C20H17N5O/c21-18(26)16-9-4-8-15(12-16)17-19(23-13-14-6-2-1-3-7-14)25-11-5-10-22-20(25)24-17/h1-12,23H,13H2,(H2,21,26). The van der Waals surface area contributed by atoms with E-state index in [2.05, 4.69) is 27.4 Å². The van der Waals surface area contributed by atoms with Crippen LogP contribution in [0.1, 0.15) is 15.9 Å². The quantitative estimate of drug-likeness (QED) is 0.583. The Kier molecular flexibility index (Phi) is 4.07. The Bertz CT molecular complexity index is 1070. The maximum atomic E-state index is 11.5. The number of rotatable bonds is 5. The number of aromatic nitrogens is 3. The van der Waals surface area contributed by atoms with Crippen molar-refractivity contribution in [3.05, 3.63) is 84.2 Å². The van der Waals surface area contributed by atoms with E-state index in [9.17, 15) is 4.79 Å². The van der Waals surface area contributed by atoms with Gasteiger partial charge in [-0.2, -0.15) is 0 Å². The highest BCUT2D eigenvalue weighted by molar-refractivity contribution is 5.94. The molecule has 0 saturated heterocycles. The molecule has 0 spiro atoms. The van der Waals surface area contributed by atoms with Gasteiger partial charge in [-0.3, -0.25) is 9.20 Å². The van der Waals surface area contributed by atoms with Crippen molar-refractivity contribution in [2.45, 2.75) is 6.54 Å². The second-order valence-corrected chi connectivity index (χ2v) is 5.88. The van der Waals surface area contributed by atoms with Gasteiger partial charge in [0.1, 0.15) is 11.5 Å². The molecule has 4 rings (SSSR count). The molecule has 1 amide bonds. The molecule has 0 radical (unpaired) electrons. The predicted molar refractivity (Wildman–Crippen MR) is 101 cm³/mol. The van der Waals surface area contributed by atoms with E-state index in [4.69, 9.17) is 5.73 Å². The Labute approximate surface area is 150 Å². The third-order valence-electron chi connectivity index (χ3n) is 4.13.